The summed E-state index contributed by atoms with van der Waals surface area (Å²) in [6, 6.07) is 11.7. The molecule has 2 aromatic rings. The van der Waals surface area contributed by atoms with Crippen molar-refractivity contribution in [1.82, 2.24) is 9.37 Å². The van der Waals surface area contributed by atoms with Gasteiger partial charge in [0.05, 0.1) is 23.3 Å². The van der Waals surface area contributed by atoms with E-state index in [4.69, 9.17) is 4.84 Å². The van der Waals surface area contributed by atoms with E-state index in [1.54, 1.807) is 31.3 Å². The third kappa shape index (κ3) is 4.13. The number of hydroxylamine groups is 2. The van der Waals surface area contributed by atoms with Gasteiger partial charge in [-0.3, -0.25) is 15.0 Å². The SMILES string of the molecule is CN1OC[C@@H](S(=O)(=O)N2CCN(c3ccccc3F)CC2)[C@H]1c1cccc([N+](=O)[O-])c1. The molecule has 2 heterocycles. The first-order valence-electron chi connectivity index (χ1n) is 9.87. The molecule has 2 aromatic carbocycles. The molecular weight excluding hydrogens is 427 g/mol. The number of hydrogen-bond acceptors (Lipinski definition) is 7. The number of non-ortho nitro benzene ring substituents is 1. The molecule has 0 unspecified atom stereocenters. The van der Waals surface area contributed by atoms with Gasteiger partial charge in [-0.2, -0.15) is 9.37 Å². The number of rotatable bonds is 5. The first kappa shape index (κ1) is 21.6. The highest BCUT2D eigenvalue weighted by molar-refractivity contribution is 7.89. The lowest BCUT2D eigenvalue weighted by Gasteiger charge is -2.37. The highest BCUT2D eigenvalue weighted by Gasteiger charge is 2.46. The van der Waals surface area contributed by atoms with Gasteiger partial charge in [-0.25, -0.2) is 12.8 Å². The third-order valence-corrected chi connectivity index (χ3v) is 8.03. The van der Waals surface area contributed by atoms with Crippen LogP contribution in [0, 0.1) is 15.9 Å². The number of nitro benzene ring substituents is 1. The number of nitro groups is 1. The van der Waals surface area contributed by atoms with Gasteiger partial charge in [-0.1, -0.05) is 24.3 Å². The van der Waals surface area contributed by atoms with Gasteiger partial charge >= 0.3 is 0 Å². The maximum Gasteiger partial charge on any atom is 0.269 e. The molecule has 31 heavy (non-hydrogen) atoms. The summed E-state index contributed by atoms with van der Waals surface area (Å²) < 4.78 is 42.4. The Balaban J connectivity index is 1.53. The molecule has 166 valence electrons. The van der Waals surface area contributed by atoms with E-state index in [9.17, 15) is 22.9 Å². The first-order chi connectivity index (χ1) is 14.8. The predicted octanol–water partition coefficient (Wildman–Crippen LogP) is 2.17. The number of benzene rings is 2. The molecule has 2 aliphatic rings. The van der Waals surface area contributed by atoms with Crippen molar-refractivity contribution < 1.29 is 22.6 Å². The second kappa shape index (κ2) is 8.50. The van der Waals surface area contributed by atoms with Gasteiger partial charge in [-0.15, -0.1) is 0 Å². The Hall–Kier alpha value is -2.60. The Kier molecular flexibility index (Phi) is 5.93. The maximum atomic E-state index is 14.1. The molecule has 0 bridgehead atoms. The summed E-state index contributed by atoms with van der Waals surface area (Å²) in [5.41, 5.74) is 0.859. The van der Waals surface area contributed by atoms with Gasteiger partial charge in [0, 0.05) is 45.4 Å². The maximum absolute atomic E-state index is 14.1. The fourth-order valence-electron chi connectivity index (χ4n) is 4.18. The molecule has 2 aliphatic heterocycles. The minimum atomic E-state index is -3.76. The summed E-state index contributed by atoms with van der Waals surface area (Å²) >= 11 is 0. The van der Waals surface area contributed by atoms with Crippen molar-refractivity contribution in [2.75, 3.05) is 44.7 Å². The van der Waals surface area contributed by atoms with Crippen molar-refractivity contribution in [2.24, 2.45) is 0 Å². The van der Waals surface area contributed by atoms with E-state index in [1.807, 2.05) is 4.90 Å². The number of anilines is 1. The summed E-state index contributed by atoms with van der Waals surface area (Å²) in [5.74, 6) is -0.338. The van der Waals surface area contributed by atoms with Crippen LogP contribution in [-0.4, -0.2) is 67.8 Å². The molecule has 9 nitrogen and oxygen atoms in total. The number of sulfonamides is 1. The Morgan fingerprint density at radius 1 is 1.10 bits per heavy atom. The zero-order chi connectivity index (χ0) is 22.2. The quantitative estimate of drug-likeness (QED) is 0.509. The molecule has 0 spiro atoms. The molecule has 0 aliphatic carbocycles. The normalized spacial score (nSPS) is 23.2. The summed E-state index contributed by atoms with van der Waals surface area (Å²) in [7, 11) is -2.14. The minimum Gasteiger partial charge on any atom is -0.367 e. The monoisotopic (exact) mass is 450 g/mol. The number of hydrogen-bond donors (Lipinski definition) is 0. The van der Waals surface area contributed by atoms with Crippen LogP contribution >= 0.6 is 0 Å². The van der Waals surface area contributed by atoms with Crippen LogP contribution in [0.2, 0.25) is 0 Å². The first-order valence-corrected chi connectivity index (χ1v) is 11.4. The lowest BCUT2D eigenvalue weighted by molar-refractivity contribution is -0.385. The van der Waals surface area contributed by atoms with E-state index in [2.05, 4.69) is 0 Å². The second-order valence-corrected chi connectivity index (χ2v) is 9.71. The number of piperazine rings is 1. The van der Waals surface area contributed by atoms with Crippen LogP contribution in [0.25, 0.3) is 0 Å². The van der Waals surface area contributed by atoms with Crippen LogP contribution in [0.5, 0.6) is 0 Å². The van der Waals surface area contributed by atoms with E-state index < -0.39 is 26.2 Å². The lowest BCUT2D eigenvalue weighted by atomic mass is 10.0. The predicted molar refractivity (Wildman–Crippen MR) is 112 cm³/mol. The average molecular weight is 450 g/mol. The largest absolute Gasteiger partial charge is 0.367 e. The second-order valence-electron chi connectivity index (χ2n) is 7.56. The Labute approximate surface area is 179 Å². The van der Waals surface area contributed by atoms with Gasteiger partial charge in [0.2, 0.25) is 10.0 Å². The van der Waals surface area contributed by atoms with Crippen LogP contribution in [0.1, 0.15) is 11.6 Å². The van der Waals surface area contributed by atoms with Gasteiger partial charge in [0.25, 0.3) is 5.69 Å². The van der Waals surface area contributed by atoms with Crippen LogP contribution in [0.4, 0.5) is 15.8 Å². The highest BCUT2D eigenvalue weighted by atomic mass is 32.2. The number of nitrogens with zero attached hydrogens (tertiary/aromatic N) is 4. The van der Waals surface area contributed by atoms with E-state index in [0.29, 0.717) is 24.3 Å². The van der Waals surface area contributed by atoms with Crippen LogP contribution in [0.3, 0.4) is 0 Å². The lowest BCUT2D eigenvalue weighted by Crippen LogP contribution is -2.52. The zero-order valence-electron chi connectivity index (χ0n) is 16.9. The summed E-state index contributed by atoms with van der Waals surface area (Å²) in [6.45, 7) is 1.13. The van der Waals surface area contributed by atoms with Crippen molar-refractivity contribution in [3.63, 3.8) is 0 Å². The van der Waals surface area contributed by atoms with E-state index in [1.165, 1.54) is 33.6 Å². The van der Waals surface area contributed by atoms with Crippen molar-refractivity contribution >= 4 is 21.4 Å². The summed E-state index contributed by atoms with van der Waals surface area (Å²) in [6.07, 6.45) is 0. The van der Waals surface area contributed by atoms with E-state index in [0.717, 1.165) is 0 Å². The molecule has 2 saturated heterocycles. The minimum absolute atomic E-state index is 0.0419. The zero-order valence-corrected chi connectivity index (χ0v) is 17.7. The molecule has 4 rings (SSSR count). The van der Waals surface area contributed by atoms with Crippen molar-refractivity contribution in [1.29, 1.82) is 0 Å². The molecule has 0 saturated carbocycles. The van der Waals surface area contributed by atoms with E-state index in [-0.39, 0.29) is 31.2 Å². The van der Waals surface area contributed by atoms with Crippen LogP contribution < -0.4 is 4.90 Å². The van der Waals surface area contributed by atoms with E-state index >= 15 is 0 Å². The van der Waals surface area contributed by atoms with Crippen LogP contribution in [-0.2, 0) is 14.9 Å². The molecule has 0 N–H and O–H groups in total. The summed E-state index contributed by atoms with van der Waals surface area (Å²) in [5, 5.41) is 11.7. The Morgan fingerprint density at radius 2 is 1.81 bits per heavy atom. The topological polar surface area (TPSA) is 96.2 Å². The fraction of sp³-hybridized carbons (Fsp3) is 0.400. The number of halogens is 1. The van der Waals surface area contributed by atoms with Crippen molar-refractivity contribution in [3.8, 4) is 0 Å². The van der Waals surface area contributed by atoms with Crippen molar-refractivity contribution in [3.05, 3.63) is 70.0 Å². The molecule has 0 amide bonds. The van der Waals surface area contributed by atoms with Crippen LogP contribution in [0.15, 0.2) is 48.5 Å². The standard InChI is InChI=1S/C20H23FN4O5S/c1-22-20(15-5-4-6-16(13-15)25(26)27)19(14-30-22)31(28,29)24-11-9-23(10-12-24)18-8-3-2-7-17(18)21/h2-8,13,19-20H,9-12,14H2,1H3/t19-,20-/m1/s1. The molecule has 2 fully saturated rings. The van der Waals surface area contributed by atoms with Gasteiger partial charge in [0.15, 0.2) is 0 Å². The van der Waals surface area contributed by atoms with Gasteiger partial charge < -0.3 is 4.90 Å². The third-order valence-electron chi connectivity index (χ3n) is 5.78. The van der Waals surface area contributed by atoms with Crippen molar-refractivity contribution in [2.45, 2.75) is 11.3 Å². The van der Waals surface area contributed by atoms with Gasteiger partial charge in [-0.05, 0) is 17.7 Å². The average Bonchev–Trinajstić information content (AvgIpc) is 3.16. The molecular formula is C20H23FN4O5S. The molecule has 0 aromatic heterocycles. The smallest absolute Gasteiger partial charge is 0.269 e. The fourth-order valence-corrected chi connectivity index (χ4v) is 6.12. The molecule has 2 atom stereocenters. The Morgan fingerprint density at radius 3 is 2.48 bits per heavy atom. The van der Waals surface area contributed by atoms with Gasteiger partial charge in [0.1, 0.15) is 11.1 Å². The summed E-state index contributed by atoms with van der Waals surface area (Å²) in [4.78, 5) is 18.0. The molecule has 11 heteroatoms. The molecule has 0 radical (unpaired) electrons. The number of para-hydroxylation sites is 1. The Bertz CT molecular complexity index is 1070. The highest BCUT2D eigenvalue weighted by Crippen LogP contribution is 2.36.